The normalized spacial score (nSPS) is 22.7. The van der Waals surface area contributed by atoms with E-state index in [0.717, 1.165) is 12.3 Å². The first-order valence-corrected chi connectivity index (χ1v) is 6.98. The second kappa shape index (κ2) is 6.37. The van der Waals surface area contributed by atoms with Gasteiger partial charge in [-0.25, -0.2) is 0 Å². The first-order valence-electron chi connectivity index (χ1n) is 6.98. The molecule has 1 heterocycles. The summed E-state index contributed by atoms with van der Waals surface area (Å²) in [5.41, 5.74) is -1.25. The van der Waals surface area contributed by atoms with Crippen LogP contribution in [0.15, 0.2) is 18.3 Å². The molecule has 1 aromatic rings. The van der Waals surface area contributed by atoms with Gasteiger partial charge in [0.25, 0.3) is 5.91 Å². The molecule has 0 aromatic carbocycles. The van der Waals surface area contributed by atoms with Crippen molar-refractivity contribution in [2.75, 3.05) is 0 Å². The summed E-state index contributed by atoms with van der Waals surface area (Å²) in [5, 5.41) is 2.44. The number of amides is 1. The number of aromatic nitrogens is 1. The molecular formula is C14H14F6N2O. The highest BCUT2D eigenvalue weighted by Gasteiger charge is 2.42. The van der Waals surface area contributed by atoms with E-state index in [9.17, 15) is 31.1 Å². The van der Waals surface area contributed by atoms with Crippen molar-refractivity contribution < 1.29 is 31.1 Å². The summed E-state index contributed by atoms with van der Waals surface area (Å²) < 4.78 is 75.2. The van der Waals surface area contributed by atoms with Crippen LogP contribution in [-0.2, 0) is 6.18 Å². The van der Waals surface area contributed by atoms with Crippen LogP contribution in [0.4, 0.5) is 26.3 Å². The summed E-state index contributed by atoms with van der Waals surface area (Å²) in [6, 6.07) is 0.967. The van der Waals surface area contributed by atoms with Crippen molar-refractivity contribution in [1.29, 1.82) is 0 Å². The standard InChI is InChI=1S/C14H14F6N2O/c15-13(16,17)9-2-1-3-10(6-9)22-12(23)8-4-5-11(21-7-8)14(18,19)20/h4-5,7,9-10H,1-3,6H2,(H,22,23). The van der Waals surface area contributed by atoms with Gasteiger partial charge in [0.05, 0.1) is 11.5 Å². The van der Waals surface area contributed by atoms with Crippen LogP contribution in [0, 0.1) is 5.92 Å². The Kier molecular flexibility index (Phi) is 4.86. The lowest BCUT2D eigenvalue weighted by Crippen LogP contribution is -2.41. The molecule has 1 aromatic heterocycles. The number of alkyl halides is 6. The molecule has 0 radical (unpaired) electrons. The lowest BCUT2D eigenvalue weighted by Gasteiger charge is -2.31. The average molecular weight is 340 g/mol. The second-order valence-corrected chi connectivity index (χ2v) is 5.51. The molecule has 2 unspecified atom stereocenters. The third kappa shape index (κ3) is 4.59. The minimum Gasteiger partial charge on any atom is -0.349 e. The minimum absolute atomic E-state index is 0.0255. The number of nitrogens with one attached hydrogen (secondary N) is 1. The monoisotopic (exact) mass is 340 g/mol. The molecule has 1 fully saturated rings. The van der Waals surface area contributed by atoms with Crippen molar-refractivity contribution in [1.82, 2.24) is 10.3 Å². The van der Waals surface area contributed by atoms with Gasteiger partial charge in [0.1, 0.15) is 5.69 Å². The van der Waals surface area contributed by atoms with Gasteiger partial charge in [-0.3, -0.25) is 9.78 Å². The van der Waals surface area contributed by atoms with E-state index in [1.165, 1.54) is 0 Å². The maximum atomic E-state index is 12.7. The lowest BCUT2D eigenvalue weighted by atomic mass is 9.85. The number of pyridine rings is 1. The molecule has 1 amide bonds. The Morgan fingerprint density at radius 2 is 1.83 bits per heavy atom. The van der Waals surface area contributed by atoms with Crippen LogP contribution in [-0.4, -0.2) is 23.1 Å². The molecule has 2 atom stereocenters. The molecule has 0 aliphatic heterocycles. The first-order chi connectivity index (χ1) is 10.6. The molecule has 23 heavy (non-hydrogen) atoms. The highest BCUT2D eigenvalue weighted by Crippen LogP contribution is 2.37. The van der Waals surface area contributed by atoms with Crippen molar-refractivity contribution in [3.8, 4) is 0 Å². The second-order valence-electron chi connectivity index (χ2n) is 5.51. The Bertz CT molecular complexity index is 552. The Balaban J connectivity index is 1.99. The van der Waals surface area contributed by atoms with E-state index in [1.54, 1.807) is 0 Å². The zero-order valence-corrected chi connectivity index (χ0v) is 11.8. The fourth-order valence-electron chi connectivity index (χ4n) is 2.58. The van der Waals surface area contributed by atoms with E-state index in [4.69, 9.17) is 0 Å². The molecule has 9 heteroatoms. The van der Waals surface area contributed by atoms with Gasteiger partial charge in [-0.1, -0.05) is 6.42 Å². The summed E-state index contributed by atoms with van der Waals surface area (Å²) >= 11 is 0. The number of hydrogen-bond donors (Lipinski definition) is 1. The van der Waals surface area contributed by atoms with Crippen molar-refractivity contribution >= 4 is 5.91 Å². The van der Waals surface area contributed by atoms with E-state index < -0.39 is 35.9 Å². The molecule has 0 spiro atoms. The van der Waals surface area contributed by atoms with Gasteiger partial charge in [0.15, 0.2) is 0 Å². The fourth-order valence-corrected chi connectivity index (χ4v) is 2.58. The van der Waals surface area contributed by atoms with Gasteiger partial charge in [0, 0.05) is 12.2 Å². The summed E-state index contributed by atoms with van der Waals surface area (Å²) in [6.07, 6.45) is -7.60. The Morgan fingerprint density at radius 1 is 1.13 bits per heavy atom. The third-order valence-electron chi connectivity index (χ3n) is 3.79. The number of carbonyl (C=O) groups excluding carboxylic acids is 1. The van der Waals surface area contributed by atoms with Crippen molar-refractivity contribution in [3.05, 3.63) is 29.6 Å². The fraction of sp³-hybridized carbons (Fsp3) is 0.571. The van der Waals surface area contributed by atoms with Crippen LogP contribution in [0.25, 0.3) is 0 Å². The third-order valence-corrected chi connectivity index (χ3v) is 3.79. The molecule has 2 rings (SSSR count). The first kappa shape index (κ1) is 17.6. The van der Waals surface area contributed by atoms with Crippen LogP contribution < -0.4 is 5.32 Å². The maximum Gasteiger partial charge on any atom is 0.433 e. The molecule has 3 nitrogen and oxygen atoms in total. The Morgan fingerprint density at radius 3 is 2.35 bits per heavy atom. The molecule has 0 bridgehead atoms. The molecule has 1 saturated carbocycles. The summed E-state index contributed by atoms with van der Waals surface area (Å²) in [6.45, 7) is 0. The summed E-state index contributed by atoms with van der Waals surface area (Å²) in [4.78, 5) is 15.1. The summed E-state index contributed by atoms with van der Waals surface area (Å²) in [5.74, 6) is -2.19. The number of hydrogen-bond acceptors (Lipinski definition) is 2. The van der Waals surface area contributed by atoms with Crippen LogP contribution in [0.1, 0.15) is 41.7 Å². The minimum atomic E-state index is -4.61. The van der Waals surface area contributed by atoms with Crippen molar-refractivity contribution in [3.63, 3.8) is 0 Å². The SMILES string of the molecule is O=C(NC1CCCC(C(F)(F)F)C1)c1ccc(C(F)(F)F)nc1. The maximum absolute atomic E-state index is 12.7. The molecule has 128 valence electrons. The number of halogens is 6. The number of rotatable bonds is 2. The predicted octanol–water partition coefficient (Wildman–Crippen LogP) is 3.95. The van der Waals surface area contributed by atoms with E-state index >= 15 is 0 Å². The van der Waals surface area contributed by atoms with Crippen LogP contribution in [0.5, 0.6) is 0 Å². The highest BCUT2D eigenvalue weighted by atomic mass is 19.4. The van der Waals surface area contributed by atoms with Gasteiger partial charge < -0.3 is 5.32 Å². The van der Waals surface area contributed by atoms with Crippen LogP contribution in [0.3, 0.4) is 0 Å². The average Bonchev–Trinajstić information content (AvgIpc) is 2.46. The van der Waals surface area contributed by atoms with Gasteiger partial charge in [0.2, 0.25) is 0 Å². The molecule has 0 saturated heterocycles. The molecular weight excluding hydrogens is 326 g/mol. The Labute approximate surface area is 128 Å². The van der Waals surface area contributed by atoms with Gasteiger partial charge in [-0.2, -0.15) is 26.3 Å². The number of nitrogens with zero attached hydrogens (tertiary/aromatic N) is 1. The largest absolute Gasteiger partial charge is 0.433 e. The molecule has 1 N–H and O–H groups in total. The van der Waals surface area contributed by atoms with Gasteiger partial charge in [-0.05, 0) is 31.4 Å². The smallest absolute Gasteiger partial charge is 0.349 e. The van der Waals surface area contributed by atoms with E-state index in [0.29, 0.717) is 18.9 Å². The van der Waals surface area contributed by atoms with Crippen LogP contribution in [0.2, 0.25) is 0 Å². The zero-order valence-electron chi connectivity index (χ0n) is 11.8. The van der Waals surface area contributed by atoms with Crippen LogP contribution >= 0.6 is 0 Å². The van der Waals surface area contributed by atoms with Crippen molar-refractivity contribution in [2.45, 2.75) is 44.1 Å². The van der Waals surface area contributed by atoms with Gasteiger partial charge >= 0.3 is 12.4 Å². The van der Waals surface area contributed by atoms with E-state index in [-0.39, 0.29) is 18.4 Å². The molecule has 1 aliphatic rings. The topological polar surface area (TPSA) is 42.0 Å². The van der Waals surface area contributed by atoms with E-state index in [2.05, 4.69) is 10.3 Å². The van der Waals surface area contributed by atoms with Crippen molar-refractivity contribution in [2.24, 2.45) is 5.92 Å². The lowest BCUT2D eigenvalue weighted by molar-refractivity contribution is -0.183. The Hall–Kier alpha value is -1.80. The molecule has 1 aliphatic carbocycles. The zero-order chi connectivity index (χ0) is 17.3. The predicted molar refractivity (Wildman–Crippen MR) is 68.5 cm³/mol. The quantitative estimate of drug-likeness (QED) is 0.829. The highest BCUT2D eigenvalue weighted by molar-refractivity contribution is 5.94. The van der Waals surface area contributed by atoms with E-state index in [1.807, 2.05) is 0 Å². The summed E-state index contributed by atoms with van der Waals surface area (Å²) in [7, 11) is 0. The van der Waals surface area contributed by atoms with Gasteiger partial charge in [-0.15, -0.1) is 0 Å². The number of carbonyl (C=O) groups is 1.